The molecule has 2 N–H and O–H groups in total. The number of carbonyl (C=O) groups is 1. The molecule has 2 rings (SSSR count). The normalized spacial score (nSPS) is 11.5. The van der Waals surface area contributed by atoms with Crippen LogP contribution in [-0.2, 0) is 14.8 Å². The van der Waals surface area contributed by atoms with Crippen molar-refractivity contribution in [3.05, 3.63) is 48.4 Å². The van der Waals surface area contributed by atoms with Gasteiger partial charge < -0.3 is 9.73 Å². The first-order valence-electron chi connectivity index (χ1n) is 5.92. The van der Waals surface area contributed by atoms with Crippen molar-refractivity contribution in [2.24, 2.45) is 5.10 Å². The Hall–Kier alpha value is -2.61. The van der Waals surface area contributed by atoms with E-state index in [2.05, 4.69) is 15.2 Å². The molecule has 21 heavy (non-hydrogen) atoms. The van der Waals surface area contributed by atoms with Gasteiger partial charge >= 0.3 is 0 Å². The number of sulfonamides is 1. The Morgan fingerprint density at radius 1 is 1.24 bits per heavy atom. The molecule has 1 aromatic carbocycles. The van der Waals surface area contributed by atoms with Crippen LogP contribution in [-0.4, -0.2) is 20.5 Å². The second-order valence-electron chi connectivity index (χ2n) is 4.12. The zero-order valence-electron chi connectivity index (χ0n) is 11.1. The van der Waals surface area contributed by atoms with Crippen molar-refractivity contribution in [1.82, 2.24) is 4.83 Å². The first-order valence-corrected chi connectivity index (χ1v) is 7.40. The third-order valence-corrected chi connectivity index (χ3v) is 3.65. The zero-order chi connectivity index (χ0) is 15.3. The predicted octanol–water partition coefficient (Wildman–Crippen LogP) is 1.55. The molecular weight excluding hydrogens is 294 g/mol. The molecule has 1 aromatic heterocycles. The van der Waals surface area contributed by atoms with Crippen LogP contribution in [0.3, 0.4) is 0 Å². The van der Waals surface area contributed by atoms with Gasteiger partial charge in [0.1, 0.15) is 0 Å². The minimum atomic E-state index is -3.75. The summed E-state index contributed by atoms with van der Waals surface area (Å²) < 4.78 is 28.7. The van der Waals surface area contributed by atoms with Crippen LogP contribution in [0.25, 0.3) is 0 Å². The molecule has 0 atom stereocenters. The van der Waals surface area contributed by atoms with Crippen molar-refractivity contribution >= 4 is 27.8 Å². The highest BCUT2D eigenvalue weighted by molar-refractivity contribution is 7.89. The average molecular weight is 307 g/mol. The lowest BCUT2D eigenvalue weighted by atomic mass is 10.3. The van der Waals surface area contributed by atoms with E-state index >= 15 is 0 Å². The van der Waals surface area contributed by atoms with Crippen LogP contribution in [0.4, 0.5) is 5.69 Å². The Bertz CT molecular complexity index is 734. The van der Waals surface area contributed by atoms with Crippen molar-refractivity contribution in [3.63, 3.8) is 0 Å². The van der Waals surface area contributed by atoms with Gasteiger partial charge in [0.05, 0.1) is 23.6 Å². The second kappa shape index (κ2) is 6.23. The molecule has 0 aliphatic heterocycles. The fourth-order valence-corrected chi connectivity index (χ4v) is 2.28. The molecule has 2 aromatic rings. The summed E-state index contributed by atoms with van der Waals surface area (Å²) in [5, 5.41) is 6.19. The number of hydrazone groups is 1. The van der Waals surface area contributed by atoms with E-state index in [0.29, 0.717) is 11.3 Å². The van der Waals surface area contributed by atoms with E-state index in [1.54, 1.807) is 6.07 Å². The van der Waals surface area contributed by atoms with E-state index in [0.717, 1.165) is 0 Å². The number of rotatable bonds is 5. The third kappa shape index (κ3) is 4.18. The largest absolute Gasteiger partial charge is 0.472 e. The van der Waals surface area contributed by atoms with Gasteiger partial charge in [-0.05, 0) is 30.3 Å². The van der Waals surface area contributed by atoms with E-state index < -0.39 is 10.0 Å². The van der Waals surface area contributed by atoms with E-state index in [-0.39, 0.29) is 10.8 Å². The van der Waals surface area contributed by atoms with Gasteiger partial charge in [-0.25, -0.2) is 4.83 Å². The summed E-state index contributed by atoms with van der Waals surface area (Å²) >= 11 is 0. The molecule has 0 fully saturated rings. The summed E-state index contributed by atoms with van der Waals surface area (Å²) in [6.45, 7) is 1.37. The van der Waals surface area contributed by atoms with Gasteiger partial charge in [0.15, 0.2) is 0 Å². The Labute approximate surface area is 121 Å². The van der Waals surface area contributed by atoms with Gasteiger partial charge in [0, 0.05) is 18.2 Å². The van der Waals surface area contributed by atoms with Crippen LogP contribution >= 0.6 is 0 Å². The van der Waals surface area contributed by atoms with Crippen molar-refractivity contribution in [2.75, 3.05) is 5.32 Å². The summed E-state index contributed by atoms with van der Waals surface area (Å²) in [5.74, 6) is -0.228. The van der Waals surface area contributed by atoms with Crippen LogP contribution < -0.4 is 10.1 Å². The SMILES string of the molecule is CC(=O)Nc1ccc(S(=O)(=O)N/N=C/c2ccoc2)cc1. The highest BCUT2D eigenvalue weighted by Gasteiger charge is 2.12. The van der Waals surface area contributed by atoms with Gasteiger partial charge in [0.2, 0.25) is 5.91 Å². The quantitative estimate of drug-likeness (QED) is 0.646. The van der Waals surface area contributed by atoms with Crippen molar-refractivity contribution in [1.29, 1.82) is 0 Å². The van der Waals surface area contributed by atoms with Gasteiger partial charge in [-0.3, -0.25) is 4.79 Å². The number of furan rings is 1. The lowest BCUT2D eigenvalue weighted by Gasteiger charge is -2.05. The number of nitrogens with zero attached hydrogens (tertiary/aromatic N) is 1. The van der Waals surface area contributed by atoms with E-state index in [9.17, 15) is 13.2 Å². The molecule has 1 amide bonds. The maximum Gasteiger partial charge on any atom is 0.276 e. The number of carbonyl (C=O) groups excluding carboxylic acids is 1. The van der Waals surface area contributed by atoms with Crippen LogP contribution in [0, 0.1) is 0 Å². The van der Waals surface area contributed by atoms with E-state index in [4.69, 9.17) is 4.42 Å². The monoisotopic (exact) mass is 307 g/mol. The predicted molar refractivity (Wildman–Crippen MR) is 77.4 cm³/mol. The summed E-state index contributed by atoms with van der Waals surface area (Å²) in [6, 6.07) is 7.38. The van der Waals surface area contributed by atoms with E-state index in [1.807, 2.05) is 0 Å². The van der Waals surface area contributed by atoms with Gasteiger partial charge in [0.25, 0.3) is 10.0 Å². The number of amides is 1. The molecule has 0 saturated heterocycles. The molecule has 1 heterocycles. The van der Waals surface area contributed by atoms with Crippen molar-refractivity contribution in [2.45, 2.75) is 11.8 Å². The smallest absolute Gasteiger partial charge is 0.276 e. The molecule has 7 nitrogen and oxygen atoms in total. The summed E-state index contributed by atoms with van der Waals surface area (Å²) in [4.78, 5) is 13.0. The van der Waals surface area contributed by atoms with Gasteiger partial charge in [-0.2, -0.15) is 13.5 Å². The number of hydrogen-bond acceptors (Lipinski definition) is 5. The van der Waals surface area contributed by atoms with Crippen LogP contribution in [0.2, 0.25) is 0 Å². The number of nitrogens with one attached hydrogen (secondary N) is 2. The van der Waals surface area contributed by atoms with Crippen molar-refractivity contribution < 1.29 is 17.6 Å². The molecule has 0 saturated carbocycles. The summed E-state index contributed by atoms with van der Waals surface area (Å²) in [6.07, 6.45) is 4.21. The Morgan fingerprint density at radius 3 is 2.52 bits per heavy atom. The highest BCUT2D eigenvalue weighted by Crippen LogP contribution is 2.13. The fourth-order valence-electron chi connectivity index (χ4n) is 1.49. The zero-order valence-corrected chi connectivity index (χ0v) is 11.9. The molecular formula is C13H13N3O4S. The van der Waals surface area contributed by atoms with Gasteiger partial charge in [-0.1, -0.05) is 0 Å². The number of hydrogen-bond donors (Lipinski definition) is 2. The van der Waals surface area contributed by atoms with Crippen LogP contribution in [0.5, 0.6) is 0 Å². The van der Waals surface area contributed by atoms with Crippen LogP contribution in [0.1, 0.15) is 12.5 Å². The maximum absolute atomic E-state index is 12.0. The molecule has 0 aliphatic rings. The fraction of sp³-hybridized carbons (Fsp3) is 0.0769. The highest BCUT2D eigenvalue weighted by atomic mass is 32.2. The van der Waals surface area contributed by atoms with Crippen molar-refractivity contribution in [3.8, 4) is 0 Å². The molecule has 0 bridgehead atoms. The molecule has 110 valence electrons. The topological polar surface area (TPSA) is 101 Å². The summed E-state index contributed by atoms with van der Waals surface area (Å²) in [5.41, 5.74) is 1.15. The molecule has 8 heteroatoms. The number of benzene rings is 1. The van der Waals surface area contributed by atoms with Crippen LogP contribution in [0.15, 0.2) is 57.3 Å². The first-order chi connectivity index (χ1) is 9.97. The molecule has 0 aliphatic carbocycles. The minimum absolute atomic E-state index is 0.0425. The van der Waals surface area contributed by atoms with E-state index in [1.165, 1.54) is 49.9 Å². The lowest BCUT2D eigenvalue weighted by Crippen LogP contribution is -2.18. The van der Waals surface area contributed by atoms with Gasteiger partial charge in [-0.15, -0.1) is 0 Å². The second-order valence-corrected chi connectivity index (χ2v) is 5.78. The Morgan fingerprint density at radius 2 is 1.95 bits per heavy atom. The third-order valence-electron chi connectivity index (χ3n) is 2.41. The molecule has 0 radical (unpaired) electrons. The average Bonchev–Trinajstić information content (AvgIpc) is 2.91. The molecule has 0 spiro atoms. The Balaban J connectivity index is 2.07. The molecule has 0 unspecified atom stereocenters. The number of anilines is 1. The Kier molecular flexibility index (Phi) is 4.39. The lowest BCUT2D eigenvalue weighted by molar-refractivity contribution is -0.114. The first kappa shape index (κ1) is 14.8. The minimum Gasteiger partial charge on any atom is -0.472 e. The maximum atomic E-state index is 12.0. The standard InChI is InChI=1S/C13H13N3O4S/c1-10(17)15-12-2-4-13(5-3-12)21(18,19)16-14-8-11-6-7-20-9-11/h2-9,16H,1H3,(H,15,17)/b14-8+. The summed E-state index contributed by atoms with van der Waals surface area (Å²) in [7, 11) is -3.75.